The Bertz CT molecular complexity index is 864. The second-order valence-electron chi connectivity index (χ2n) is 7.75. The number of hydrogen-bond acceptors (Lipinski definition) is 5. The van der Waals surface area contributed by atoms with Crippen LogP contribution in [0.15, 0.2) is 23.1 Å². The molecule has 0 spiro atoms. The normalized spacial score (nSPS) is 19.7. The summed E-state index contributed by atoms with van der Waals surface area (Å²) in [5.74, 6) is -0.260. The Morgan fingerprint density at radius 3 is 2.50 bits per heavy atom. The summed E-state index contributed by atoms with van der Waals surface area (Å²) in [6.07, 6.45) is 6.07. The van der Waals surface area contributed by atoms with E-state index in [0.29, 0.717) is 37.2 Å². The number of piperidine rings is 1. The van der Waals surface area contributed by atoms with E-state index < -0.39 is 15.6 Å². The third kappa shape index (κ3) is 4.47. The predicted octanol–water partition coefficient (Wildman–Crippen LogP) is 2.53. The van der Waals surface area contributed by atoms with Crippen LogP contribution in [0.1, 0.15) is 50.5 Å². The van der Waals surface area contributed by atoms with Crippen LogP contribution in [0.25, 0.3) is 0 Å². The van der Waals surface area contributed by atoms with Crippen molar-refractivity contribution < 1.29 is 13.2 Å². The number of sulfonamides is 1. The molecule has 28 heavy (non-hydrogen) atoms. The SMILES string of the molecule is Cc1ccc(NCC(=O)NC2(C#N)CCCC2)cc1S(=O)(=O)N1CCCCC1. The molecule has 1 aromatic carbocycles. The average molecular weight is 405 g/mol. The second-order valence-corrected chi connectivity index (χ2v) is 9.65. The number of carbonyl (C=O) groups is 1. The number of nitrogens with zero attached hydrogens (tertiary/aromatic N) is 2. The summed E-state index contributed by atoms with van der Waals surface area (Å²) in [6, 6.07) is 7.36. The van der Waals surface area contributed by atoms with Gasteiger partial charge in [0.15, 0.2) is 0 Å². The van der Waals surface area contributed by atoms with Crippen LogP contribution < -0.4 is 10.6 Å². The second kappa shape index (κ2) is 8.50. The minimum absolute atomic E-state index is 0.00427. The molecule has 1 saturated heterocycles. The number of anilines is 1. The van der Waals surface area contributed by atoms with E-state index in [1.165, 1.54) is 0 Å². The van der Waals surface area contributed by atoms with Crippen LogP contribution in [0, 0.1) is 18.3 Å². The van der Waals surface area contributed by atoms with Crippen molar-refractivity contribution in [2.24, 2.45) is 0 Å². The summed E-state index contributed by atoms with van der Waals surface area (Å²) >= 11 is 0. The number of amides is 1. The monoisotopic (exact) mass is 404 g/mol. The molecule has 0 unspecified atom stereocenters. The first-order valence-corrected chi connectivity index (χ1v) is 11.4. The summed E-state index contributed by atoms with van der Waals surface area (Å²) in [5.41, 5.74) is 0.512. The van der Waals surface area contributed by atoms with Gasteiger partial charge in [-0.1, -0.05) is 12.5 Å². The van der Waals surface area contributed by atoms with Gasteiger partial charge in [0.2, 0.25) is 15.9 Å². The van der Waals surface area contributed by atoms with Crippen molar-refractivity contribution in [3.05, 3.63) is 23.8 Å². The molecule has 1 amide bonds. The molecule has 1 aromatic rings. The van der Waals surface area contributed by atoms with Gasteiger partial charge in [-0.3, -0.25) is 4.79 Å². The Hall–Kier alpha value is -2.11. The van der Waals surface area contributed by atoms with E-state index in [-0.39, 0.29) is 17.3 Å². The molecule has 1 aliphatic carbocycles. The first kappa shape index (κ1) is 20.6. The fraction of sp³-hybridized carbons (Fsp3) is 0.600. The van der Waals surface area contributed by atoms with Gasteiger partial charge in [-0.15, -0.1) is 0 Å². The standard InChI is InChI=1S/C20H28N4O3S/c1-16-7-8-17(13-18(16)28(26,27)24-11-5-2-6-12-24)22-14-19(25)23-20(15-21)9-3-4-10-20/h7-8,13,22H,2-6,9-12,14H2,1H3,(H,23,25). The molecule has 0 bridgehead atoms. The molecule has 1 saturated carbocycles. The van der Waals surface area contributed by atoms with Crippen molar-refractivity contribution in [1.29, 1.82) is 5.26 Å². The smallest absolute Gasteiger partial charge is 0.243 e. The van der Waals surface area contributed by atoms with Crippen LogP contribution >= 0.6 is 0 Å². The van der Waals surface area contributed by atoms with Gasteiger partial charge >= 0.3 is 0 Å². The third-order valence-corrected chi connectivity index (χ3v) is 7.66. The van der Waals surface area contributed by atoms with Gasteiger partial charge in [0.1, 0.15) is 5.54 Å². The van der Waals surface area contributed by atoms with Crippen LogP contribution in [0.2, 0.25) is 0 Å². The number of rotatable bonds is 6. The zero-order valence-electron chi connectivity index (χ0n) is 16.3. The summed E-state index contributed by atoms with van der Waals surface area (Å²) in [6.45, 7) is 2.88. The lowest BCUT2D eigenvalue weighted by atomic mass is 10.00. The first-order chi connectivity index (χ1) is 13.4. The molecular formula is C20H28N4O3S. The molecule has 3 rings (SSSR count). The Kier molecular flexibility index (Phi) is 6.26. The van der Waals surface area contributed by atoms with Crippen molar-refractivity contribution in [2.45, 2.75) is 62.3 Å². The van der Waals surface area contributed by atoms with Crippen LogP contribution in [0.5, 0.6) is 0 Å². The largest absolute Gasteiger partial charge is 0.376 e. The molecule has 0 aromatic heterocycles. The number of benzene rings is 1. The minimum atomic E-state index is -3.54. The topological polar surface area (TPSA) is 102 Å². The summed E-state index contributed by atoms with van der Waals surface area (Å²) in [4.78, 5) is 12.6. The molecule has 0 radical (unpaired) electrons. The van der Waals surface area contributed by atoms with Gasteiger partial charge in [-0.05, 0) is 63.1 Å². The Labute approximate surface area is 167 Å². The van der Waals surface area contributed by atoms with Crippen molar-refractivity contribution >= 4 is 21.6 Å². The van der Waals surface area contributed by atoms with E-state index in [2.05, 4.69) is 16.7 Å². The summed E-state index contributed by atoms with van der Waals surface area (Å²) < 4.78 is 27.5. The van der Waals surface area contributed by atoms with Gasteiger partial charge in [-0.25, -0.2) is 8.42 Å². The van der Waals surface area contributed by atoms with E-state index >= 15 is 0 Å². The average Bonchev–Trinajstić information content (AvgIpc) is 3.17. The maximum absolute atomic E-state index is 13.0. The Morgan fingerprint density at radius 1 is 1.18 bits per heavy atom. The van der Waals surface area contributed by atoms with Crippen molar-refractivity contribution in [1.82, 2.24) is 9.62 Å². The number of carbonyl (C=O) groups excluding carboxylic acids is 1. The highest BCUT2D eigenvalue weighted by Crippen LogP contribution is 2.29. The van der Waals surface area contributed by atoms with Crippen LogP contribution in [0.3, 0.4) is 0 Å². The molecular weight excluding hydrogens is 376 g/mol. The van der Waals surface area contributed by atoms with E-state index in [0.717, 1.165) is 32.1 Å². The van der Waals surface area contributed by atoms with Gasteiger partial charge in [-0.2, -0.15) is 9.57 Å². The summed E-state index contributed by atoms with van der Waals surface area (Å²) in [5, 5.41) is 15.2. The molecule has 152 valence electrons. The van der Waals surface area contributed by atoms with Crippen LogP contribution in [0.4, 0.5) is 5.69 Å². The number of nitrogens with one attached hydrogen (secondary N) is 2. The van der Waals surface area contributed by atoms with Crippen molar-refractivity contribution in [3.8, 4) is 6.07 Å². The molecule has 2 N–H and O–H groups in total. The first-order valence-electron chi connectivity index (χ1n) is 9.93. The molecule has 0 atom stereocenters. The maximum Gasteiger partial charge on any atom is 0.243 e. The van der Waals surface area contributed by atoms with E-state index in [1.54, 1.807) is 29.4 Å². The molecule has 7 nitrogen and oxygen atoms in total. The van der Waals surface area contributed by atoms with Gasteiger partial charge in [0.05, 0.1) is 17.5 Å². The maximum atomic E-state index is 13.0. The predicted molar refractivity (Wildman–Crippen MR) is 107 cm³/mol. The number of hydrogen-bond donors (Lipinski definition) is 2. The highest BCUT2D eigenvalue weighted by atomic mass is 32.2. The fourth-order valence-corrected chi connectivity index (χ4v) is 5.74. The van der Waals surface area contributed by atoms with Crippen LogP contribution in [-0.2, 0) is 14.8 Å². The van der Waals surface area contributed by atoms with Gasteiger partial charge in [0.25, 0.3) is 0 Å². The zero-order chi connectivity index (χ0) is 20.2. The lowest BCUT2D eigenvalue weighted by molar-refractivity contribution is -0.120. The van der Waals surface area contributed by atoms with E-state index in [4.69, 9.17) is 0 Å². The molecule has 8 heteroatoms. The zero-order valence-corrected chi connectivity index (χ0v) is 17.1. The molecule has 2 aliphatic rings. The molecule has 1 aliphatic heterocycles. The fourth-order valence-electron chi connectivity index (χ4n) is 3.97. The summed E-state index contributed by atoms with van der Waals surface area (Å²) in [7, 11) is -3.54. The Morgan fingerprint density at radius 2 is 1.86 bits per heavy atom. The minimum Gasteiger partial charge on any atom is -0.376 e. The van der Waals surface area contributed by atoms with Gasteiger partial charge < -0.3 is 10.6 Å². The van der Waals surface area contributed by atoms with E-state index in [1.807, 2.05) is 0 Å². The van der Waals surface area contributed by atoms with E-state index in [9.17, 15) is 18.5 Å². The van der Waals surface area contributed by atoms with Crippen LogP contribution in [-0.4, -0.2) is 43.8 Å². The van der Waals surface area contributed by atoms with Gasteiger partial charge in [0, 0.05) is 18.8 Å². The third-order valence-electron chi connectivity index (χ3n) is 5.62. The number of aryl methyl sites for hydroxylation is 1. The Balaban J connectivity index is 1.68. The van der Waals surface area contributed by atoms with Crippen molar-refractivity contribution in [3.63, 3.8) is 0 Å². The lowest BCUT2D eigenvalue weighted by Gasteiger charge is -2.26. The lowest BCUT2D eigenvalue weighted by Crippen LogP contribution is -2.47. The molecule has 2 fully saturated rings. The highest BCUT2D eigenvalue weighted by Gasteiger charge is 2.35. The molecule has 1 heterocycles. The number of nitriles is 1. The highest BCUT2D eigenvalue weighted by molar-refractivity contribution is 7.89. The van der Waals surface area contributed by atoms with Crippen molar-refractivity contribution in [2.75, 3.05) is 25.0 Å². The quantitative estimate of drug-likeness (QED) is 0.758.